The number of likely N-dealkylation sites (tertiary alicyclic amines) is 1. The van der Waals surface area contributed by atoms with Gasteiger partial charge < -0.3 is 4.90 Å². The number of benzene rings is 2. The van der Waals surface area contributed by atoms with Gasteiger partial charge in [0, 0.05) is 24.0 Å². The van der Waals surface area contributed by atoms with E-state index in [1.165, 1.54) is 23.5 Å². The average molecular weight is 634 g/mol. The second-order valence-corrected chi connectivity index (χ2v) is 12.8. The zero-order chi connectivity index (χ0) is 32.5. The summed E-state index contributed by atoms with van der Waals surface area (Å²) in [5, 5.41) is 2.14. The molecule has 236 valence electrons. The lowest BCUT2D eigenvalue weighted by Gasteiger charge is -2.32. The van der Waals surface area contributed by atoms with E-state index in [1.807, 2.05) is 56.9 Å². The molecular weight excluding hydrogens is 595 g/mol. The summed E-state index contributed by atoms with van der Waals surface area (Å²) in [6.45, 7) is 11.4. The molecule has 9 heteroatoms. The van der Waals surface area contributed by atoms with E-state index in [0.717, 1.165) is 47.4 Å². The molecule has 5 nitrogen and oxygen atoms in total. The minimum absolute atomic E-state index is 0.129. The first-order valence-electron chi connectivity index (χ1n) is 15.4. The van der Waals surface area contributed by atoms with Gasteiger partial charge in [-0.05, 0) is 80.9 Å². The number of carbonyl (C=O) groups is 1. The van der Waals surface area contributed by atoms with Crippen LogP contribution < -0.4 is 5.56 Å². The maximum atomic E-state index is 14.7. The van der Waals surface area contributed by atoms with Crippen LogP contribution >= 0.6 is 11.3 Å². The number of hydrogen-bond acceptors (Lipinski definition) is 4. The predicted octanol–water partition coefficient (Wildman–Crippen LogP) is 9.07. The van der Waals surface area contributed by atoms with Crippen molar-refractivity contribution < 1.29 is 18.0 Å². The Morgan fingerprint density at radius 2 is 1.73 bits per heavy atom. The maximum Gasteiger partial charge on any atom is 0.416 e. The number of piperidine rings is 1. The fourth-order valence-corrected chi connectivity index (χ4v) is 6.84. The number of alkyl halides is 3. The third-order valence-corrected chi connectivity index (χ3v) is 9.15. The number of allylic oxidation sites excluding steroid dienone is 1. The van der Waals surface area contributed by atoms with Gasteiger partial charge >= 0.3 is 6.18 Å². The van der Waals surface area contributed by atoms with Gasteiger partial charge in [-0.25, -0.2) is 4.98 Å². The highest BCUT2D eigenvalue weighted by Gasteiger charge is 2.31. The van der Waals surface area contributed by atoms with Crippen LogP contribution in [0.25, 0.3) is 33.6 Å². The van der Waals surface area contributed by atoms with E-state index in [9.17, 15) is 22.8 Å². The Bertz CT molecular complexity index is 1780. The molecule has 0 bridgehead atoms. The quantitative estimate of drug-likeness (QED) is 0.204. The van der Waals surface area contributed by atoms with Crippen molar-refractivity contribution in [1.82, 2.24) is 14.5 Å². The fourth-order valence-electron chi connectivity index (χ4n) is 6.00. The number of thiazole rings is 1. The fraction of sp³-hybridized carbons (Fsp3) is 0.361. The van der Waals surface area contributed by atoms with Crippen LogP contribution in [0, 0.1) is 5.92 Å². The van der Waals surface area contributed by atoms with Crippen molar-refractivity contribution in [2.75, 3.05) is 13.1 Å². The molecule has 0 spiro atoms. The van der Waals surface area contributed by atoms with Gasteiger partial charge in [-0.3, -0.25) is 14.2 Å². The van der Waals surface area contributed by atoms with Crippen molar-refractivity contribution in [2.45, 2.75) is 66.5 Å². The van der Waals surface area contributed by atoms with Crippen LogP contribution in [0.4, 0.5) is 13.2 Å². The van der Waals surface area contributed by atoms with E-state index in [-0.39, 0.29) is 17.0 Å². The monoisotopic (exact) mass is 633 g/mol. The molecule has 45 heavy (non-hydrogen) atoms. The zero-order valence-electron chi connectivity index (χ0n) is 26.3. The van der Waals surface area contributed by atoms with Gasteiger partial charge in [-0.1, -0.05) is 56.7 Å². The highest BCUT2D eigenvalue weighted by atomic mass is 32.1. The Balaban J connectivity index is 1.77. The number of pyridine rings is 1. The van der Waals surface area contributed by atoms with Crippen LogP contribution in [0.3, 0.4) is 0 Å². The van der Waals surface area contributed by atoms with Crippen LogP contribution in [0.15, 0.2) is 64.3 Å². The lowest BCUT2D eigenvalue weighted by Crippen LogP contribution is -2.40. The second kappa shape index (κ2) is 13.2. The van der Waals surface area contributed by atoms with E-state index < -0.39 is 11.7 Å². The zero-order valence-corrected chi connectivity index (χ0v) is 27.1. The van der Waals surface area contributed by atoms with Crippen molar-refractivity contribution in [1.29, 1.82) is 0 Å². The lowest BCUT2D eigenvalue weighted by molar-refractivity contribution is -0.137. The van der Waals surface area contributed by atoms with E-state index >= 15 is 0 Å². The normalized spacial score (nSPS) is 15.3. The molecular formula is C36H38F3N3O2S. The third kappa shape index (κ3) is 6.69. The van der Waals surface area contributed by atoms with Gasteiger partial charge in [0.15, 0.2) is 0 Å². The molecule has 0 unspecified atom stereocenters. The topological polar surface area (TPSA) is 55.2 Å². The number of amides is 1. The van der Waals surface area contributed by atoms with Gasteiger partial charge in [0.05, 0.1) is 33.8 Å². The Hall–Kier alpha value is -3.98. The molecule has 0 saturated carbocycles. The first-order valence-corrected chi connectivity index (χ1v) is 16.3. The van der Waals surface area contributed by atoms with E-state index in [2.05, 4.69) is 6.92 Å². The minimum atomic E-state index is -4.44. The number of hydrogen-bond donors (Lipinski definition) is 0. The Morgan fingerprint density at radius 3 is 2.31 bits per heavy atom. The molecule has 1 fully saturated rings. The maximum absolute atomic E-state index is 14.7. The molecule has 1 amide bonds. The van der Waals surface area contributed by atoms with Crippen LogP contribution in [-0.2, 0) is 19.0 Å². The Kier molecular flexibility index (Phi) is 9.49. The summed E-state index contributed by atoms with van der Waals surface area (Å²) in [5.41, 5.74) is 4.90. The summed E-state index contributed by atoms with van der Waals surface area (Å²) < 4.78 is 41.2. The van der Waals surface area contributed by atoms with E-state index in [4.69, 9.17) is 4.98 Å². The highest BCUT2D eigenvalue weighted by molar-refractivity contribution is 7.13. The summed E-state index contributed by atoms with van der Waals surface area (Å²) in [6, 6.07) is 12.5. The van der Waals surface area contributed by atoms with Gasteiger partial charge in [-0.15, -0.1) is 11.3 Å². The van der Waals surface area contributed by atoms with Crippen LogP contribution in [0.2, 0.25) is 0 Å². The van der Waals surface area contributed by atoms with Crippen molar-refractivity contribution in [3.05, 3.63) is 97.8 Å². The molecule has 1 aliphatic heterocycles. The van der Waals surface area contributed by atoms with Crippen LogP contribution in [0.5, 0.6) is 0 Å². The Labute approximate surface area is 266 Å². The van der Waals surface area contributed by atoms with E-state index in [0.29, 0.717) is 59.4 Å². The van der Waals surface area contributed by atoms with Gasteiger partial charge in [0.25, 0.3) is 11.5 Å². The number of nitrogens with zero attached hydrogens (tertiary/aromatic N) is 3. The number of aryl methyl sites for hydroxylation is 2. The summed E-state index contributed by atoms with van der Waals surface area (Å²) in [4.78, 5) is 35.6. The molecule has 1 saturated heterocycles. The largest absolute Gasteiger partial charge is 0.416 e. The Morgan fingerprint density at radius 1 is 1.07 bits per heavy atom. The molecule has 2 aromatic heterocycles. The first kappa shape index (κ1) is 32.4. The summed E-state index contributed by atoms with van der Waals surface area (Å²) in [6.07, 6.45) is 0.828. The van der Waals surface area contributed by atoms with Crippen molar-refractivity contribution in [3.63, 3.8) is 0 Å². The van der Waals surface area contributed by atoms with Crippen molar-refractivity contribution in [2.24, 2.45) is 5.92 Å². The smallest absolute Gasteiger partial charge is 0.338 e. The van der Waals surface area contributed by atoms with E-state index in [1.54, 1.807) is 16.0 Å². The minimum Gasteiger partial charge on any atom is -0.338 e. The molecule has 4 aromatic rings. The average Bonchev–Trinajstić information content (AvgIpc) is 3.50. The molecule has 1 aliphatic rings. The number of rotatable bonds is 7. The number of para-hydroxylation sites is 1. The molecule has 2 aromatic carbocycles. The standard InChI is InChI=1S/C36H38F3N3O2S/c1-6-24-11-8-12-25(7-2)32(24)42-31(18-22(3)4)28(34(43)41-17-9-10-23(5)20-41)19-29(35(42)44)33-40-30(21-45-33)26-13-15-27(16-14-26)36(37,38)39/h8,11-16,18-19,21,23H,6-7,9-10,17,20H2,1-5H3/t23-/m0/s1. The molecule has 0 radical (unpaired) electrons. The molecule has 5 rings (SSSR count). The summed E-state index contributed by atoms with van der Waals surface area (Å²) in [7, 11) is 0. The highest BCUT2D eigenvalue weighted by Crippen LogP contribution is 2.34. The summed E-state index contributed by atoms with van der Waals surface area (Å²) in [5.74, 6) is 0.244. The SMILES string of the molecule is CCc1cccc(CC)c1-n1c(C=C(C)C)c(C(=O)N2CCC[C@H](C)C2)cc(-c2nc(-c3ccc(C(F)(F)F)cc3)cs2)c1=O. The third-order valence-electron chi connectivity index (χ3n) is 8.27. The van der Waals surface area contributed by atoms with Crippen LogP contribution in [-0.4, -0.2) is 33.4 Å². The summed E-state index contributed by atoms with van der Waals surface area (Å²) >= 11 is 1.23. The number of carbonyl (C=O) groups excluding carboxylic acids is 1. The first-order chi connectivity index (χ1) is 21.4. The predicted molar refractivity (Wildman–Crippen MR) is 176 cm³/mol. The van der Waals surface area contributed by atoms with Gasteiger partial charge in [0.2, 0.25) is 0 Å². The van der Waals surface area contributed by atoms with Crippen LogP contribution in [0.1, 0.15) is 80.2 Å². The van der Waals surface area contributed by atoms with Crippen molar-refractivity contribution in [3.8, 4) is 27.5 Å². The van der Waals surface area contributed by atoms with Crippen molar-refractivity contribution >= 4 is 23.3 Å². The number of halogens is 3. The lowest BCUT2D eigenvalue weighted by atomic mass is 9.97. The number of aromatic nitrogens is 2. The second-order valence-electron chi connectivity index (χ2n) is 12.0. The molecule has 0 N–H and O–H groups in total. The van der Waals surface area contributed by atoms with Gasteiger partial charge in [0.1, 0.15) is 5.01 Å². The van der Waals surface area contributed by atoms with Gasteiger partial charge in [-0.2, -0.15) is 13.2 Å². The molecule has 0 aliphatic carbocycles. The molecule has 1 atom stereocenters. The molecule has 3 heterocycles.